The summed E-state index contributed by atoms with van der Waals surface area (Å²) in [7, 11) is 0. The molecule has 0 saturated carbocycles. The van der Waals surface area contributed by atoms with Crippen LogP contribution < -0.4 is 0 Å². The first-order chi connectivity index (χ1) is 13.9. The maximum atomic E-state index is 14.1. The van der Waals surface area contributed by atoms with Gasteiger partial charge in [-0.1, -0.05) is 30.9 Å². The minimum absolute atomic E-state index is 0.131. The van der Waals surface area contributed by atoms with Crippen molar-refractivity contribution in [1.29, 1.82) is 0 Å². The Kier molecular flexibility index (Phi) is 9.40. The molecule has 2 heterocycles. The van der Waals surface area contributed by atoms with Gasteiger partial charge in [-0.3, -0.25) is 4.90 Å². The van der Waals surface area contributed by atoms with Gasteiger partial charge in [-0.05, 0) is 61.8 Å². The average molecular weight is 416 g/mol. The van der Waals surface area contributed by atoms with Crippen LogP contribution in [0.1, 0.15) is 44.8 Å². The Morgan fingerprint density at radius 1 is 1.28 bits per heavy atom. The van der Waals surface area contributed by atoms with Crippen LogP contribution in [0, 0.1) is 17.3 Å². The lowest BCUT2D eigenvalue weighted by Crippen LogP contribution is -2.24. The van der Waals surface area contributed by atoms with Crippen LogP contribution in [-0.4, -0.2) is 24.6 Å². The van der Waals surface area contributed by atoms with Gasteiger partial charge in [-0.2, -0.15) is 11.3 Å². The second-order valence-corrected chi connectivity index (χ2v) is 8.54. The predicted octanol–water partition coefficient (Wildman–Crippen LogP) is 6.30. The molecular weight excluding hydrogens is 385 g/mol. The summed E-state index contributed by atoms with van der Waals surface area (Å²) < 4.78 is 25.6. The Morgan fingerprint density at radius 2 is 2.07 bits per heavy atom. The van der Waals surface area contributed by atoms with Crippen LogP contribution in [-0.2, 0) is 17.9 Å². The molecule has 0 spiro atoms. The number of furan rings is 1. The molecule has 2 aromatic rings. The lowest BCUT2D eigenvalue weighted by Gasteiger charge is -2.17. The molecule has 5 heteroatoms. The van der Waals surface area contributed by atoms with Gasteiger partial charge in [-0.15, -0.1) is 0 Å². The molecule has 0 unspecified atom stereocenters. The van der Waals surface area contributed by atoms with Crippen molar-refractivity contribution in [2.75, 3.05) is 19.7 Å². The summed E-state index contributed by atoms with van der Waals surface area (Å²) in [6.07, 6.45) is 5.39. The number of hydrogen-bond acceptors (Lipinski definition) is 4. The van der Waals surface area contributed by atoms with Gasteiger partial charge in [0.25, 0.3) is 0 Å². The highest BCUT2D eigenvalue weighted by atomic mass is 32.1. The van der Waals surface area contributed by atoms with E-state index in [1.165, 1.54) is 11.6 Å². The van der Waals surface area contributed by atoms with Crippen molar-refractivity contribution >= 4 is 17.4 Å². The summed E-state index contributed by atoms with van der Waals surface area (Å²) in [6.45, 7) is 10.4. The Hall–Kier alpha value is -2.13. The molecule has 0 aliphatic rings. The van der Waals surface area contributed by atoms with Crippen LogP contribution in [0.25, 0.3) is 6.08 Å². The number of thiophene rings is 1. The van der Waals surface area contributed by atoms with E-state index in [2.05, 4.69) is 23.3 Å². The summed E-state index contributed by atoms with van der Waals surface area (Å²) in [5.41, 5.74) is 1.05. The molecule has 156 valence electrons. The van der Waals surface area contributed by atoms with Gasteiger partial charge in [0.15, 0.2) is 0 Å². The molecule has 0 saturated heterocycles. The van der Waals surface area contributed by atoms with Gasteiger partial charge in [0.1, 0.15) is 24.0 Å². The Bertz CT molecular complexity index is 848. The predicted molar refractivity (Wildman–Crippen MR) is 119 cm³/mol. The monoisotopic (exact) mass is 415 g/mol. The number of halogens is 1. The van der Waals surface area contributed by atoms with E-state index < -0.39 is 0 Å². The van der Waals surface area contributed by atoms with Crippen LogP contribution in [0.5, 0.6) is 0 Å². The molecular formula is C24H30FNO2S. The zero-order valence-electron chi connectivity index (χ0n) is 17.7. The molecule has 0 bridgehead atoms. The summed E-state index contributed by atoms with van der Waals surface area (Å²) in [5, 5.41) is 4.13. The zero-order valence-corrected chi connectivity index (χ0v) is 18.5. The molecule has 2 rings (SSSR count). The van der Waals surface area contributed by atoms with Gasteiger partial charge in [-0.25, -0.2) is 4.39 Å². The smallest absolute Gasteiger partial charge is 0.129 e. The van der Waals surface area contributed by atoms with Crippen LogP contribution in [0.3, 0.4) is 0 Å². The average Bonchev–Trinajstić information content (AvgIpc) is 3.32. The van der Waals surface area contributed by atoms with E-state index in [4.69, 9.17) is 9.15 Å². The summed E-state index contributed by atoms with van der Waals surface area (Å²) in [5.74, 6) is 7.15. The van der Waals surface area contributed by atoms with E-state index in [0.29, 0.717) is 26.3 Å². The number of nitrogens with zero attached hydrogens (tertiary/aromatic N) is 1. The van der Waals surface area contributed by atoms with Gasteiger partial charge in [0.05, 0.1) is 19.7 Å². The summed E-state index contributed by atoms with van der Waals surface area (Å²) in [6, 6.07) is 5.89. The topological polar surface area (TPSA) is 25.6 Å². The van der Waals surface area contributed by atoms with Crippen molar-refractivity contribution < 1.29 is 13.5 Å². The first kappa shape index (κ1) is 23.2. The van der Waals surface area contributed by atoms with Gasteiger partial charge < -0.3 is 9.15 Å². The molecule has 0 aliphatic heterocycles. The molecule has 2 aromatic heterocycles. The van der Waals surface area contributed by atoms with Gasteiger partial charge >= 0.3 is 0 Å². The molecule has 0 N–H and O–H groups in total. The Balaban J connectivity index is 1.77. The van der Waals surface area contributed by atoms with Crippen molar-refractivity contribution in [3.05, 3.63) is 64.0 Å². The SMILES string of the molecule is CCN(CC(F)=CC#CC(C)(C)C)Cc1ccc(COCC=Cc2ccsc2)o1. The minimum Gasteiger partial charge on any atom is -0.462 e. The maximum absolute atomic E-state index is 14.1. The largest absolute Gasteiger partial charge is 0.462 e. The van der Waals surface area contributed by atoms with Crippen LogP contribution in [0.4, 0.5) is 4.39 Å². The molecule has 0 aromatic carbocycles. The second kappa shape index (κ2) is 11.8. The molecule has 0 amide bonds. The number of ether oxygens (including phenoxy) is 1. The molecule has 0 radical (unpaired) electrons. The lowest BCUT2D eigenvalue weighted by atomic mass is 9.98. The van der Waals surface area contributed by atoms with Crippen LogP contribution in [0.15, 0.2) is 51.4 Å². The lowest BCUT2D eigenvalue weighted by molar-refractivity contribution is 0.129. The number of rotatable bonds is 10. The third-order valence-electron chi connectivity index (χ3n) is 3.91. The van der Waals surface area contributed by atoms with Gasteiger partial charge in [0, 0.05) is 11.5 Å². The first-order valence-electron chi connectivity index (χ1n) is 9.79. The fourth-order valence-corrected chi connectivity index (χ4v) is 3.09. The quantitative estimate of drug-likeness (QED) is 0.336. The standard InChI is InChI=1S/C24H30FNO2S/c1-5-26(16-21(25)9-6-13-24(2,3)4)17-22-10-11-23(28-22)18-27-14-7-8-20-12-15-29-19-20/h7-12,15,19H,5,14,16-18H2,1-4H3. The van der Waals surface area contributed by atoms with E-state index in [0.717, 1.165) is 11.5 Å². The van der Waals surface area contributed by atoms with Gasteiger partial charge in [0.2, 0.25) is 0 Å². The van der Waals surface area contributed by atoms with E-state index in [-0.39, 0.29) is 17.8 Å². The molecule has 0 aliphatic carbocycles. The Morgan fingerprint density at radius 3 is 2.76 bits per heavy atom. The van der Waals surface area contributed by atoms with E-state index >= 15 is 0 Å². The van der Waals surface area contributed by atoms with Crippen molar-refractivity contribution in [1.82, 2.24) is 4.90 Å². The highest BCUT2D eigenvalue weighted by Crippen LogP contribution is 2.14. The third-order valence-corrected chi connectivity index (χ3v) is 4.61. The number of hydrogen-bond donors (Lipinski definition) is 0. The maximum Gasteiger partial charge on any atom is 0.129 e. The minimum atomic E-state index is -0.240. The number of likely N-dealkylation sites (N-methyl/N-ethyl adjacent to an activating group) is 1. The number of allylic oxidation sites excluding steroid dienone is 1. The molecule has 3 nitrogen and oxygen atoms in total. The van der Waals surface area contributed by atoms with Crippen molar-refractivity contribution in [2.24, 2.45) is 5.41 Å². The first-order valence-corrected chi connectivity index (χ1v) is 10.7. The van der Waals surface area contributed by atoms with Crippen LogP contribution >= 0.6 is 11.3 Å². The molecule has 0 fully saturated rings. The fraction of sp³-hybridized carbons (Fsp3) is 0.417. The highest BCUT2D eigenvalue weighted by molar-refractivity contribution is 7.08. The molecule has 0 atom stereocenters. The normalized spacial score (nSPS) is 12.6. The Labute approximate surface area is 177 Å². The van der Waals surface area contributed by atoms with Crippen molar-refractivity contribution in [3.8, 4) is 11.8 Å². The second-order valence-electron chi connectivity index (χ2n) is 7.76. The zero-order chi connectivity index (χ0) is 21.1. The van der Waals surface area contributed by atoms with Crippen molar-refractivity contribution in [2.45, 2.75) is 40.8 Å². The van der Waals surface area contributed by atoms with E-state index in [1.807, 2.05) is 62.3 Å². The van der Waals surface area contributed by atoms with Crippen molar-refractivity contribution in [3.63, 3.8) is 0 Å². The third kappa shape index (κ3) is 9.76. The summed E-state index contributed by atoms with van der Waals surface area (Å²) >= 11 is 1.67. The summed E-state index contributed by atoms with van der Waals surface area (Å²) in [4.78, 5) is 1.97. The van der Waals surface area contributed by atoms with E-state index in [1.54, 1.807) is 11.3 Å². The fourth-order valence-electron chi connectivity index (χ4n) is 2.46. The van der Waals surface area contributed by atoms with E-state index in [9.17, 15) is 4.39 Å². The highest BCUT2D eigenvalue weighted by Gasteiger charge is 2.10. The molecule has 29 heavy (non-hydrogen) atoms. The van der Waals surface area contributed by atoms with Crippen LogP contribution in [0.2, 0.25) is 0 Å².